The standard InChI is InChI=1S/C27H35N5O7/c1-15(2)23(26(37)31-21(27(38)39)13-17-8-10-18(33)11-9-17)32-25(36)20(12-16-6-4-3-5-7-16)30-24(35)19(28)14-22(29)34/h3-11,15,19-21,23,33H,12-14,28H2,1-2H3,(H2,29,34)(H,30,35)(H,31,37)(H,32,36)(H,38,39). The Balaban J connectivity index is 2.19. The van der Waals surface area contributed by atoms with E-state index in [-0.39, 0.29) is 18.6 Å². The predicted molar refractivity (Wildman–Crippen MR) is 142 cm³/mol. The van der Waals surface area contributed by atoms with Gasteiger partial charge in [0.2, 0.25) is 23.6 Å². The van der Waals surface area contributed by atoms with Crippen molar-refractivity contribution < 1.29 is 34.2 Å². The van der Waals surface area contributed by atoms with Crippen molar-refractivity contribution in [3.63, 3.8) is 0 Å². The minimum atomic E-state index is -1.30. The van der Waals surface area contributed by atoms with E-state index >= 15 is 0 Å². The Bertz CT molecular complexity index is 1150. The van der Waals surface area contributed by atoms with Gasteiger partial charge in [-0.15, -0.1) is 0 Å². The van der Waals surface area contributed by atoms with Crippen LogP contribution in [-0.2, 0) is 36.8 Å². The number of carbonyl (C=O) groups is 5. The Morgan fingerprint density at radius 1 is 0.769 bits per heavy atom. The predicted octanol–water partition coefficient (Wildman–Crippen LogP) is -0.425. The molecule has 2 rings (SSSR count). The third kappa shape index (κ3) is 10.1. The molecule has 0 fully saturated rings. The lowest BCUT2D eigenvalue weighted by molar-refractivity contribution is -0.142. The average Bonchev–Trinajstić information content (AvgIpc) is 2.87. The van der Waals surface area contributed by atoms with Crippen molar-refractivity contribution in [1.29, 1.82) is 0 Å². The van der Waals surface area contributed by atoms with Gasteiger partial charge in [-0.2, -0.15) is 0 Å². The largest absolute Gasteiger partial charge is 0.508 e. The van der Waals surface area contributed by atoms with Gasteiger partial charge < -0.3 is 37.6 Å². The lowest BCUT2D eigenvalue weighted by atomic mass is 9.99. The molecule has 9 N–H and O–H groups in total. The molecular formula is C27H35N5O7. The first-order valence-electron chi connectivity index (χ1n) is 12.4. The maximum absolute atomic E-state index is 13.3. The Morgan fingerprint density at radius 2 is 1.31 bits per heavy atom. The summed E-state index contributed by atoms with van der Waals surface area (Å²) in [5.74, 6) is -4.67. The number of rotatable bonds is 14. The van der Waals surface area contributed by atoms with Crippen LogP contribution in [0.1, 0.15) is 31.4 Å². The molecule has 12 heteroatoms. The molecule has 2 aromatic carbocycles. The fourth-order valence-electron chi connectivity index (χ4n) is 3.77. The molecule has 39 heavy (non-hydrogen) atoms. The van der Waals surface area contributed by atoms with Gasteiger partial charge in [0.25, 0.3) is 0 Å². The van der Waals surface area contributed by atoms with Gasteiger partial charge in [-0.05, 0) is 29.2 Å². The van der Waals surface area contributed by atoms with E-state index in [1.807, 2.05) is 0 Å². The maximum Gasteiger partial charge on any atom is 0.326 e. The number of aromatic hydroxyl groups is 1. The van der Waals surface area contributed by atoms with Gasteiger partial charge in [-0.25, -0.2) is 4.79 Å². The molecule has 0 saturated carbocycles. The summed E-state index contributed by atoms with van der Waals surface area (Å²) in [6, 6.07) is 9.85. The molecule has 0 spiro atoms. The topological polar surface area (TPSA) is 214 Å². The molecule has 0 heterocycles. The SMILES string of the molecule is CC(C)C(NC(=O)C(Cc1ccccc1)NC(=O)C(N)CC(N)=O)C(=O)NC(Cc1ccc(O)cc1)C(=O)O. The number of carbonyl (C=O) groups excluding carboxylic acids is 4. The summed E-state index contributed by atoms with van der Waals surface area (Å²) in [6.07, 6.45) is -0.405. The number of carboxylic acid groups (broad SMARTS) is 1. The smallest absolute Gasteiger partial charge is 0.326 e. The zero-order chi connectivity index (χ0) is 29.1. The van der Waals surface area contributed by atoms with Crippen molar-refractivity contribution in [2.24, 2.45) is 17.4 Å². The number of carboxylic acids is 1. The second-order valence-corrected chi connectivity index (χ2v) is 9.53. The van der Waals surface area contributed by atoms with Crippen LogP contribution in [-0.4, -0.2) is 64.0 Å². The molecular weight excluding hydrogens is 506 g/mol. The average molecular weight is 542 g/mol. The van der Waals surface area contributed by atoms with E-state index in [2.05, 4.69) is 16.0 Å². The normalized spacial score (nSPS) is 13.9. The minimum Gasteiger partial charge on any atom is -0.508 e. The van der Waals surface area contributed by atoms with E-state index in [0.29, 0.717) is 11.1 Å². The summed E-state index contributed by atoms with van der Waals surface area (Å²) in [6.45, 7) is 3.35. The lowest BCUT2D eigenvalue weighted by Crippen LogP contribution is -2.59. The number of nitrogens with two attached hydrogens (primary N) is 2. The zero-order valence-corrected chi connectivity index (χ0v) is 21.8. The summed E-state index contributed by atoms with van der Waals surface area (Å²) in [4.78, 5) is 62.0. The van der Waals surface area contributed by atoms with Crippen LogP contribution in [0.5, 0.6) is 5.75 Å². The number of nitrogens with one attached hydrogen (secondary N) is 3. The van der Waals surface area contributed by atoms with Gasteiger partial charge in [-0.1, -0.05) is 56.3 Å². The summed E-state index contributed by atoms with van der Waals surface area (Å²) in [5.41, 5.74) is 12.1. The van der Waals surface area contributed by atoms with E-state index in [9.17, 15) is 34.2 Å². The molecule has 12 nitrogen and oxygen atoms in total. The molecule has 0 saturated heterocycles. The summed E-state index contributed by atoms with van der Waals surface area (Å²) in [5, 5.41) is 26.7. The highest BCUT2D eigenvalue weighted by molar-refractivity contribution is 5.95. The molecule has 0 radical (unpaired) electrons. The van der Waals surface area contributed by atoms with Crippen molar-refractivity contribution in [1.82, 2.24) is 16.0 Å². The van der Waals surface area contributed by atoms with Crippen LogP contribution in [0.25, 0.3) is 0 Å². The quantitative estimate of drug-likeness (QED) is 0.166. The van der Waals surface area contributed by atoms with Gasteiger partial charge in [0.1, 0.15) is 23.9 Å². The first-order valence-corrected chi connectivity index (χ1v) is 12.4. The number of hydrogen-bond acceptors (Lipinski definition) is 7. The molecule has 4 atom stereocenters. The number of aliphatic carboxylic acids is 1. The van der Waals surface area contributed by atoms with Crippen molar-refractivity contribution in [2.75, 3.05) is 0 Å². The molecule has 210 valence electrons. The summed E-state index contributed by atoms with van der Waals surface area (Å²) in [7, 11) is 0. The number of phenolic OH excluding ortho intramolecular Hbond substituents is 1. The zero-order valence-electron chi connectivity index (χ0n) is 21.8. The van der Waals surface area contributed by atoms with Crippen LogP contribution >= 0.6 is 0 Å². The van der Waals surface area contributed by atoms with Crippen molar-refractivity contribution in [2.45, 2.75) is 57.3 Å². The second kappa shape index (κ2) is 14.5. The minimum absolute atomic E-state index is 0.0185. The molecule has 0 aliphatic heterocycles. The van der Waals surface area contributed by atoms with Crippen LogP contribution in [0, 0.1) is 5.92 Å². The highest BCUT2D eigenvalue weighted by atomic mass is 16.4. The number of phenols is 1. The van der Waals surface area contributed by atoms with Crippen molar-refractivity contribution in [3.05, 3.63) is 65.7 Å². The molecule has 4 amide bonds. The van der Waals surface area contributed by atoms with Crippen LogP contribution < -0.4 is 27.4 Å². The van der Waals surface area contributed by atoms with E-state index in [4.69, 9.17) is 11.5 Å². The molecule has 2 aromatic rings. The molecule has 4 unspecified atom stereocenters. The van der Waals surface area contributed by atoms with E-state index in [1.165, 1.54) is 12.1 Å². The number of primary amides is 1. The fraction of sp³-hybridized carbons (Fsp3) is 0.370. The van der Waals surface area contributed by atoms with Crippen LogP contribution in [0.4, 0.5) is 0 Å². The van der Waals surface area contributed by atoms with Gasteiger partial charge in [0.15, 0.2) is 0 Å². The number of amides is 4. The van der Waals surface area contributed by atoms with Gasteiger partial charge in [-0.3, -0.25) is 19.2 Å². The lowest BCUT2D eigenvalue weighted by Gasteiger charge is -2.27. The highest BCUT2D eigenvalue weighted by Gasteiger charge is 2.32. The molecule has 0 bridgehead atoms. The molecule has 0 aliphatic carbocycles. The molecule has 0 aromatic heterocycles. The van der Waals surface area contributed by atoms with Crippen molar-refractivity contribution in [3.8, 4) is 5.75 Å². The fourth-order valence-corrected chi connectivity index (χ4v) is 3.77. The number of hydrogen-bond donors (Lipinski definition) is 7. The Hall–Kier alpha value is -4.45. The van der Waals surface area contributed by atoms with Crippen LogP contribution in [0.2, 0.25) is 0 Å². The van der Waals surface area contributed by atoms with Crippen molar-refractivity contribution >= 4 is 29.6 Å². The molecule has 0 aliphatic rings. The Labute approximate surface area is 226 Å². The first-order chi connectivity index (χ1) is 18.4. The maximum atomic E-state index is 13.3. The van der Waals surface area contributed by atoms with E-state index in [0.717, 1.165) is 0 Å². The Kier molecular flexibility index (Phi) is 11.4. The first kappa shape index (κ1) is 30.8. The summed E-state index contributed by atoms with van der Waals surface area (Å²) < 4.78 is 0. The van der Waals surface area contributed by atoms with E-state index < -0.39 is 66.1 Å². The number of benzene rings is 2. The Morgan fingerprint density at radius 3 is 1.85 bits per heavy atom. The third-order valence-corrected chi connectivity index (χ3v) is 5.91. The third-order valence-electron chi connectivity index (χ3n) is 5.91. The monoisotopic (exact) mass is 541 g/mol. The van der Waals surface area contributed by atoms with E-state index in [1.54, 1.807) is 56.3 Å². The highest BCUT2D eigenvalue weighted by Crippen LogP contribution is 2.12. The second-order valence-electron chi connectivity index (χ2n) is 9.53. The van der Waals surface area contributed by atoms with Gasteiger partial charge in [0, 0.05) is 12.8 Å². The summed E-state index contributed by atoms with van der Waals surface area (Å²) >= 11 is 0. The van der Waals surface area contributed by atoms with Crippen LogP contribution in [0.3, 0.4) is 0 Å². The van der Waals surface area contributed by atoms with Crippen LogP contribution in [0.15, 0.2) is 54.6 Å². The van der Waals surface area contributed by atoms with Gasteiger partial charge >= 0.3 is 5.97 Å². The van der Waals surface area contributed by atoms with Gasteiger partial charge in [0.05, 0.1) is 12.5 Å².